The highest BCUT2D eigenvalue weighted by atomic mass is 35.5. The smallest absolute Gasteiger partial charge is 0.255 e. The molecular formula is C17H13ClN4O. The van der Waals surface area contributed by atoms with Gasteiger partial charge >= 0.3 is 0 Å². The van der Waals surface area contributed by atoms with Crippen LogP contribution in [-0.4, -0.2) is 15.9 Å². The molecule has 1 amide bonds. The lowest BCUT2D eigenvalue weighted by Crippen LogP contribution is -2.12. The number of amides is 1. The van der Waals surface area contributed by atoms with E-state index in [1.807, 2.05) is 30.3 Å². The molecule has 114 valence electrons. The van der Waals surface area contributed by atoms with E-state index < -0.39 is 0 Å². The molecule has 5 nitrogen and oxygen atoms in total. The van der Waals surface area contributed by atoms with Crippen molar-refractivity contribution in [2.75, 3.05) is 10.6 Å². The van der Waals surface area contributed by atoms with Gasteiger partial charge in [0.2, 0.25) is 5.95 Å². The van der Waals surface area contributed by atoms with Crippen LogP contribution >= 0.6 is 11.6 Å². The van der Waals surface area contributed by atoms with Gasteiger partial charge in [0, 0.05) is 16.3 Å². The van der Waals surface area contributed by atoms with E-state index in [2.05, 4.69) is 20.6 Å². The number of hydrogen-bond donors (Lipinski definition) is 2. The molecule has 1 heterocycles. The number of hydrogen-bond acceptors (Lipinski definition) is 4. The Hall–Kier alpha value is -2.92. The number of anilines is 3. The molecule has 0 saturated heterocycles. The summed E-state index contributed by atoms with van der Waals surface area (Å²) in [6, 6.07) is 16.3. The topological polar surface area (TPSA) is 66.9 Å². The van der Waals surface area contributed by atoms with E-state index in [4.69, 9.17) is 11.6 Å². The van der Waals surface area contributed by atoms with Crippen molar-refractivity contribution >= 4 is 34.8 Å². The molecule has 1 aromatic heterocycles. The summed E-state index contributed by atoms with van der Waals surface area (Å²) >= 11 is 5.80. The first kappa shape index (κ1) is 15.0. The zero-order valence-electron chi connectivity index (χ0n) is 12.0. The minimum absolute atomic E-state index is 0.242. The first-order valence-electron chi connectivity index (χ1n) is 6.92. The summed E-state index contributed by atoms with van der Waals surface area (Å²) < 4.78 is 0. The third kappa shape index (κ3) is 4.05. The second-order valence-electron chi connectivity index (χ2n) is 4.75. The van der Waals surface area contributed by atoms with Crippen LogP contribution in [0.15, 0.2) is 67.0 Å². The molecule has 0 spiro atoms. The quantitative estimate of drug-likeness (QED) is 0.757. The van der Waals surface area contributed by atoms with Crippen molar-refractivity contribution in [1.29, 1.82) is 0 Å². The number of halogens is 1. The van der Waals surface area contributed by atoms with Gasteiger partial charge in [0.15, 0.2) is 0 Å². The number of rotatable bonds is 4. The zero-order valence-corrected chi connectivity index (χ0v) is 12.8. The van der Waals surface area contributed by atoms with Crippen LogP contribution in [0, 0.1) is 0 Å². The fraction of sp³-hybridized carbons (Fsp3) is 0. The van der Waals surface area contributed by atoms with Crippen molar-refractivity contribution in [3.63, 3.8) is 0 Å². The number of carbonyl (C=O) groups is 1. The van der Waals surface area contributed by atoms with Gasteiger partial charge in [-0.15, -0.1) is 0 Å². The molecule has 3 aromatic rings. The SMILES string of the molecule is O=C(Nc1cnc(Nc2ccccc2)nc1)c1ccc(Cl)cc1. The summed E-state index contributed by atoms with van der Waals surface area (Å²) in [5.41, 5.74) is 1.93. The van der Waals surface area contributed by atoms with Gasteiger partial charge in [0.05, 0.1) is 18.1 Å². The van der Waals surface area contributed by atoms with Crippen LogP contribution in [0.5, 0.6) is 0 Å². The fourth-order valence-corrected chi connectivity index (χ4v) is 2.04. The molecule has 6 heteroatoms. The number of benzene rings is 2. The molecular weight excluding hydrogens is 312 g/mol. The number of nitrogens with zero attached hydrogens (tertiary/aromatic N) is 2. The van der Waals surface area contributed by atoms with Crippen LogP contribution in [0.25, 0.3) is 0 Å². The van der Waals surface area contributed by atoms with Crippen molar-refractivity contribution in [3.05, 3.63) is 77.6 Å². The maximum absolute atomic E-state index is 12.1. The molecule has 0 aliphatic carbocycles. The largest absolute Gasteiger partial charge is 0.324 e. The minimum atomic E-state index is -0.242. The molecule has 0 fully saturated rings. The van der Waals surface area contributed by atoms with Gasteiger partial charge in [0.25, 0.3) is 5.91 Å². The van der Waals surface area contributed by atoms with Crippen LogP contribution in [0.4, 0.5) is 17.3 Å². The number of para-hydroxylation sites is 1. The predicted molar refractivity (Wildman–Crippen MR) is 91.2 cm³/mol. The maximum Gasteiger partial charge on any atom is 0.255 e. The van der Waals surface area contributed by atoms with Crippen molar-refractivity contribution in [1.82, 2.24) is 9.97 Å². The molecule has 0 unspecified atom stereocenters. The average molecular weight is 325 g/mol. The lowest BCUT2D eigenvalue weighted by molar-refractivity contribution is 0.102. The average Bonchev–Trinajstić information content (AvgIpc) is 2.58. The van der Waals surface area contributed by atoms with Gasteiger partial charge in [-0.05, 0) is 36.4 Å². The van der Waals surface area contributed by atoms with Crippen molar-refractivity contribution in [2.45, 2.75) is 0 Å². The molecule has 0 atom stereocenters. The first-order chi connectivity index (χ1) is 11.2. The van der Waals surface area contributed by atoms with Gasteiger partial charge in [-0.2, -0.15) is 0 Å². The molecule has 0 aliphatic rings. The van der Waals surface area contributed by atoms with E-state index in [1.165, 1.54) is 0 Å². The van der Waals surface area contributed by atoms with E-state index in [9.17, 15) is 4.79 Å². The third-order valence-electron chi connectivity index (χ3n) is 3.05. The lowest BCUT2D eigenvalue weighted by atomic mass is 10.2. The fourth-order valence-electron chi connectivity index (χ4n) is 1.91. The second-order valence-corrected chi connectivity index (χ2v) is 5.18. The number of carbonyl (C=O) groups excluding carboxylic acids is 1. The molecule has 2 aromatic carbocycles. The Morgan fingerprint density at radius 2 is 1.52 bits per heavy atom. The van der Waals surface area contributed by atoms with Crippen LogP contribution in [-0.2, 0) is 0 Å². The second kappa shape index (κ2) is 6.89. The van der Waals surface area contributed by atoms with Gasteiger partial charge < -0.3 is 10.6 Å². The van der Waals surface area contributed by atoms with E-state index >= 15 is 0 Å². The number of nitrogens with one attached hydrogen (secondary N) is 2. The summed E-state index contributed by atoms with van der Waals surface area (Å²) in [6.45, 7) is 0. The van der Waals surface area contributed by atoms with E-state index in [-0.39, 0.29) is 5.91 Å². The molecule has 23 heavy (non-hydrogen) atoms. The summed E-state index contributed by atoms with van der Waals surface area (Å²) in [4.78, 5) is 20.4. The lowest BCUT2D eigenvalue weighted by Gasteiger charge is -2.07. The minimum Gasteiger partial charge on any atom is -0.324 e. The van der Waals surface area contributed by atoms with Crippen LogP contribution in [0.2, 0.25) is 5.02 Å². The Morgan fingerprint density at radius 1 is 0.870 bits per heavy atom. The predicted octanol–water partition coefficient (Wildman–Crippen LogP) is 4.13. The van der Waals surface area contributed by atoms with Crippen LogP contribution < -0.4 is 10.6 Å². The van der Waals surface area contributed by atoms with Gasteiger partial charge in [-0.25, -0.2) is 9.97 Å². The van der Waals surface area contributed by atoms with E-state index in [0.717, 1.165) is 5.69 Å². The highest BCUT2D eigenvalue weighted by Crippen LogP contribution is 2.14. The molecule has 0 aliphatic heterocycles. The highest BCUT2D eigenvalue weighted by Gasteiger charge is 2.06. The Bertz CT molecular complexity index is 789. The Balaban J connectivity index is 1.65. The van der Waals surface area contributed by atoms with Gasteiger partial charge in [-0.3, -0.25) is 4.79 Å². The molecule has 0 bridgehead atoms. The zero-order chi connectivity index (χ0) is 16.1. The molecule has 0 radical (unpaired) electrons. The van der Waals surface area contributed by atoms with E-state index in [0.29, 0.717) is 22.2 Å². The highest BCUT2D eigenvalue weighted by molar-refractivity contribution is 6.30. The van der Waals surface area contributed by atoms with Crippen LogP contribution in [0.3, 0.4) is 0 Å². The molecule has 2 N–H and O–H groups in total. The molecule has 3 rings (SSSR count). The van der Waals surface area contributed by atoms with Gasteiger partial charge in [0.1, 0.15) is 0 Å². The number of aromatic nitrogens is 2. The summed E-state index contributed by atoms with van der Waals surface area (Å²) in [5.74, 6) is 0.217. The van der Waals surface area contributed by atoms with Gasteiger partial charge in [-0.1, -0.05) is 29.8 Å². The van der Waals surface area contributed by atoms with Crippen molar-refractivity contribution in [3.8, 4) is 0 Å². The Kier molecular flexibility index (Phi) is 4.49. The molecule has 0 saturated carbocycles. The first-order valence-corrected chi connectivity index (χ1v) is 7.29. The standard InChI is InChI=1S/C17H13ClN4O/c18-13-8-6-12(7-9-13)16(23)21-15-10-19-17(20-11-15)22-14-4-2-1-3-5-14/h1-11H,(H,21,23)(H,19,20,22). The van der Waals surface area contributed by atoms with Crippen molar-refractivity contribution in [2.24, 2.45) is 0 Å². The third-order valence-corrected chi connectivity index (χ3v) is 3.30. The van der Waals surface area contributed by atoms with Crippen molar-refractivity contribution < 1.29 is 4.79 Å². The normalized spacial score (nSPS) is 10.1. The summed E-state index contributed by atoms with van der Waals surface area (Å²) in [7, 11) is 0. The summed E-state index contributed by atoms with van der Waals surface area (Å²) in [5, 5.41) is 6.39. The van der Waals surface area contributed by atoms with Crippen LogP contribution in [0.1, 0.15) is 10.4 Å². The van der Waals surface area contributed by atoms with E-state index in [1.54, 1.807) is 36.7 Å². The maximum atomic E-state index is 12.1. The Morgan fingerprint density at radius 3 is 2.17 bits per heavy atom. The summed E-state index contributed by atoms with van der Waals surface area (Å²) in [6.07, 6.45) is 3.10. The monoisotopic (exact) mass is 324 g/mol. The Labute approximate surface area is 138 Å².